The lowest BCUT2D eigenvalue weighted by Gasteiger charge is -2.35. The van der Waals surface area contributed by atoms with E-state index in [1.54, 1.807) is 18.9 Å². The summed E-state index contributed by atoms with van der Waals surface area (Å²) >= 11 is 0. The Hall–Kier alpha value is -3.30. The van der Waals surface area contributed by atoms with E-state index in [1.165, 1.54) is 0 Å². The Morgan fingerprint density at radius 1 is 0.920 bits per heavy atom. The summed E-state index contributed by atoms with van der Waals surface area (Å²) in [6.07, 6.45) is 6.90. The zero-order valence-electron chi connectivity index (χ0n) is 13.7. The molecule has 1 aliphatic rings. The summed E-state index contributed by atoms with van der Waals surface area (Å²) < 4.78 is 1.97. The molecule has 10 heteroatoms. The average Bonchev–Trinajstić information content (AvgIpc) is 3.28. The molecule has 0 bridgehead atoms. The van der Waals surface area contributed by atoms with Gasteiger partial charge in [0.25, 0.3) is 0 Å². The molecule has 0 amide bonds. The quantitative estimate of drug-likeness (QED) is 0.562. The summed E-state index contributed by atoms with van der Waals surface area (Å²) in [5.41, 5.74) is 2.37. The van der Waals surface area contributed by atoms with Crippen LogP contribution in [0.25, 0.3) is 16.8 Å². The monoisotopic (exact) mass is 336 g/mol. The van der Waals surface area contributed by atoms with Crippen molar-refractivity contribution in [2.24, 2.45) is 0 Å². The largest absolute Gasteiger partial charge is 0.351 e. The first kappa shape index (κ1) is 14.1. The van der Waals surface area contributed by atoms with Gasteiger partial charge in [-0.1, -0.05) is 0 Å². The Bertz CT molecular complexity index is 1040. The van der Waals surface area contributed by atoms with Crippen LogP contribution in [0, 0.1) is 6.92 Å². The minimum absolute atomic E-state index is 0.692. The zero-order valence-corrected chi connectivity index (χ0v) is 13.7. The summed E-state index contributed by atoms with van der Waals surface area (Å²) in [6, 6.07) is 0. The fraction of sp³-hybridized carbons (Fsp3) is 0.333. The van der Waals surface area contributed by atoms with Gasteiger partial charge in [-0.25, -0.2) is 19.9 Å². The molecule has 1 fully saturated rings. The maximum Gasteiger partial charge on any atom is 0.203 e. The third kappa shape index (κ3) is 2.17. The molecule has 126 valence electrons. The lowest BCUT2D eigenvalue weighted by Crippen LogP contribution is -2.47. The number of hydrogen-bond donors (Lipinski definition) is 1. The molecule has 5 rings (SSSR count). The minimum Gasteiger partial charge on any atom is -0.351 e. The number of anilines is 2. The van der Waals surface area contributed by atoms with E-state index in [0.717, 1.165) is 54.8 Å². The Balaban J connectivity index is 1.42. The number of aromatic nitrogens is 8. The molecule has 0 atom stereocenters. The summed E-state index contributed by atoms with van der Waals surface area (Å²) in [7, 11) is 0. The van der Waals surface area contributed by atoms with E-state index in [-0.39, 0.29) is 0 Å². The Kier molecular flexibility index (Phi) is 3.02. The molecule has 4 aromatic heterocycles. The third-order valence-electron chi connectivity index (χ3n) is 4.56. The molecule has 0 aromatic carbocycles. The van der Waals surface area contributed by atoms with Crippen LogP contribution in [-0.4, -0.2) is 65.7 Å². The highest BCUT2D eigenvalue weighted by molar-refractivity contribution is 5.82. The second-order valence-electron chi connectivity index (χ2n) is 5.96. The van der Waals surface area contributed by atoms with Gasteiger partial charge < -0.3 is 14.8 Å². The van der Waals surface area contributed by atoms with E-state index in [0.29, 0.717) is 5.65 Å². The van der Waals surface area contributed by atoms with E-state index in [2.05, 4.69) is 44.9 Å². The van der Waals surface area contributed by atoms with Crippen molar-refractivity contribution >= 4 is 28.4 Å². The van der Waals surface area contributed by atoms with Crippen LogP contribution in [0.2, 0.25) is 0 Å². The molecule has 0 unspecified atom stereocenters. The first-order chi connectivity index (χ1) is 12.3. The van der Waals surface area contributed by atoms with Crippen molar-refractivity contribution in [3.05, 3.63) is 30.9 Å². The average molecular weight is 336 g/mol. The molecule has 5 heterocycles. The lowest BCUT2D eigenvalue weighted by atomic mass is 10.3. The van der Waals surface area contributed by atoms with Gasteiger partial charge in [0.2, 0.25) is 5.65 Å². The topological polar surface area (TPSA) is 104 Å². The summed E-state index contributed by atoms with van der Waals surface area (Å²) in [6.45, 7) is 5.27. The van der Waals surface area contributed by atoms with Gasteiger partial charge in [-0.15, -0.1) is 10.2 Å². The van der Waals surface area contributed by atoms with Gasteiger partial charge in [0.15, 0.2) is 17.3 Å². The van der Waals surface area contributed by atoms with E-state index < -0.39 is 0 Å². The van der Waals surface area contributed by atoms with Gasteiger partial charge in [-0.05, 0) is 6.92 Å². The molecule has 4 aromatic rings. The Labute approximate surface area is 142 Å². The fourth-order valence-electron chi connectivity index (χ4n) is 3.27. The van der Waals surface area contributed by atoms with Crippen molar-refractivity contribution in [3.63, 3.8) is 0 Å². The number of piperazine rings is 1. The van der Waals surface area contributed by atoms with Crippen molar-refractivity contribution in [2.75, 3.05) is 36.0 Å². The second kappa shape index (κ2) is 5.36. The number of rotatable bonds is 2. The normalized spacial score (nSPS) is 15.4. The highest BCUT2D eigenvalue weighted by Gasteiger charge is 2.23. The number of hydrogen-bond acceptors (Lipinski definition) is 8. The molecule has 0 radical (unpaired) electrons. The van der Waals surface area contributed by atoms with Crippen LogP contribution in [-0.2, 0) is 0 Å². The molecule has 25 heavy (non-hydrogen) atoms. The van der Waals surface area contributed by atoms with Crippen molar-refractivity contribution < 1.29 is 0 Å². The van der Waals surface area contributed by atoms with Crippen LogP contribution in [0.15, 0.2) is 25.0 Å². The van der Waals surface area contributed by atoms with Gasteiger partial charge in [0.05, 0.1) is 6.33 Å². The first-order valence-corrected chi connectivity index (χ1v) is 8.11. The highest BCUT2D eigenvalue weighted by Crippen LogP contribution is 2.24. The van der Waals surface area contributed by atoms with Crippen LogP contribution in [0.3, 0.4) is 0 Å². The van der Waals surface area contributed by atoms with Crippen molar-refractivity contribution in [1.29, 1.82) is 0 Å². The highest BCUT2D eigenvalue weighted by atomic mass is 15.3. The number of fused-ring (bicyclic) bond motifs is 2. The Morgan fingerprint density at radius 2 is 1.72 bits per heavy atom. The second-order valence-corrected chi connectivity index (χ2v) is 5.96. The maximum atomic E-state index is 4.53. The van der Waals surface area contributed by atoms with E-state index in [4.69, 9.17) is 0 Å². The molecular weight excluding hydrogens is 320 g/mol. The van der Waals surface area contributed by atoms with E-state index in [9.17, 15) is 0 Å². The van der Waals surface area contributed by atoms with Gasteiger partial charge in [0, 0.05) is 38.6 Å². The smallest absolute Gasteiger partial charge is 0.203 e. The van der Waals surface area contributed by atoms with E-state index >= 15 is 0 Å². The van der Waals surface area contributed by atoms with Gasteiger partial charge in [0.1, 0.15) is 17.7 Å². The molecule has 0 spiro atoms. The predicted molar refractivity (Wildman–Crippen MR) is 91.6 cm³/mol. The van der Waals surface area contributed by atoms with Gasteiger partial charge in [-0.3, -0.25) is 4.40 Å². The molecule has 1 N–H and O–H groups in total. The maximum absolute atomic E-state index is 4.53. The SMILES string of the molecule is Cc1nnc2c(N3CCN(c4ncnc5nc[nH]c45)CC3)nccn12. The number of aryl methyl sites for hydroxylation is 1. The van der Waals surface area contributed by atoms with Crippen LogP contribution in [0.5, 0.6) is 0 Å². The lowest BCUT2D eigenvalue weighted by molar-refractivity contribution is 0.642. The first-order valence-electron chi connectivity index (χ1n) is 8.11. The van der Waals surface area contributed by atoms with Crippen LogP contribution in [0.4, 0.5) is 11.6 Å². The molecule has 0 aliphatic carbocycles. The fourth-order valence-corrected chi connectivity index (χ4v) is 3.27. The van der Waals surface area contributed by atoms with Crippen molar-refractivity contribution in [1.82, 2.24) is 39.5 Å². The molecular formula is C15H16N10. The number of aromatic amines is 1. The van der Waals surface area contributed by atoms with Crippen molar-refractivity contribution in [3.8, 4) is 0 Å². The summed E-state index contributed by atoms with van der Waals surface area (Å²) in [4.78, 5) is 25.0. The summed E-state index contributed by atoms with van der Waals surface area (Å²) in [5, 5.41) is 8.42. The van der Waals surface area contributed by atoms with E-state index in [1.807, 2.05) is 17.5 Å². The number of nitrogens with one attached hydrogen (secondary N) is 1. The third-order valence-corrected chi connectivity index (χ3v) is 4.56. The minimum atomic E-state index is 0.692. The number of nitrogens with zero attached hydrogens (tertiary/aromatic N) is 9. The molecule has 0 saturated carbocycles. The molecule has 1 saturated heterocycles. The predicted octanol–water partition coefficient (Wildman–Crippen LogP) is 0.426. The van der Waals surface area contributed by atoms with Crippen molar-refractivity contribution in [2.45, 2.75) is 6.92 Å². The standard InChI is InChI=1S/C15H16N10/c1-10-21-22-15-14(16-2-3-25(10)15)24-6-4-23(5-7-24)13-11-12(18-8-17-11)19-9-20-13/h2-3,8-9H,4-7H2,1H3,(H,17,18,19,20). The van der Waals surface area contributed by atoms with Crippen LogP contribution < -0.4 is 9.80 Å². The number of imidazole rings is 1. The van der Waals surface area contributed by atoms with Gasteiger partial charge in [-0.2, -0.15) is 0 Å². The molecule has 10 nitrogen and oxygen atoms in total. The zero-order chi connectivity index (χ0) is 16.8. The Morgan fingerprint density at radius 3 is 2.56 bits per heavy atom. The number of H-pyrrole nitrogens is 1. The van der Waals surface area contributed by atoms with Crippen LogP contribution in [0.1, 0.15) is 5.82 Å². The molecule has 1 aliphatic heterocycles. The van der Waals surface area contributed by atoms with Gasteiger partial charge >= 0.3 is 0 Å². The summed E-state index contributed by atoms with van der Waals surface area (Å²) in [5.74, 6) is 2.63. The van der Waals surface area contributed by atoms with Crippen LogP contribution >= 0.6 is 0 Å².